The molecule has 0 fully saturated rings. The van der Waals surface area contributed by atoms with Crippen LogP contribution in [-0.4, -0.2) is 34.2 Å². The average molecular weight is 173 g/mol. The van der Waals surface area contributed by atoms with Crippen molar-refractivity contribution in [3.05, 3.63) is 0 Å². The van der Waals surface area contributed by atoms with Crippen molar-refractivity contribution >= 4 is 23.2 Å². The van der Waals surface area contributed by atoms with E-state index in [-0.39, 0.29) is 18.2 Å². The first kappa shape index (κ1) is 9.50. The van der Waals surface area contributed by atoms with Gasteiger partial charge in [-0.25, -0.2) is 0 Å². The maximum Gasteiger partial charge on any atom is 0.0700 e. The van der Waals surface area contributed by atoms with Gasteiger partial charge in [-0.15, -0.1) is 23.2 Å². The highest BCUT2D eigenvalue weighted by Gasteiger charge is 2.08. The highest BCUT2D eigenvalue weighted by molar-refractivity contribution is 6.18. The van der Waals surface area contributed by atoms with Crippen molar-refractivity contribution in [3.8, 4) is 0 Å². The van der Waals surface area contributed by atoms with Crippen LogP contribution in [0.1, 0.15) is 6.42 Å². The van der Waals surface area contributed by atoms with E-state index in [4.69, 9.17) is 33.4 Å². The summed E-state index contributed by atoms with van der Waals surface area (Å²) in [7, 11) is 0. The van der Waals surface area contributed by atoms with Crippen molar-refractivity contribution < 1.29 is 10.2 Å². The van der Waals surface area contributed by atoms with E-state index in [0.29, 0.717) is 0 Å². The first-order chi connectivity index (χ1) is 4.20. The molecule has 0 spiro atoms. The molecule has 0 aliphatic carbocycles. The lowest BCUT2D eigenvalue weighted by molar-refractivity contribution is 0.105. The van der Waals surface area contributed by atoms with Crippen LogP contribution in [-0.2, 0) is 0 Å². The molecule has 0 saturated carbocycles. The molecule has 0 amide bonds. The first-order valence-corrected chi connectivity index (χ1v) is 3.75. The van der Waals surface area contributed by atoms with Crippen LogP contribution in [0.4, 0.5) is 0 Å². The van der Waals surface area contributed by atoms with Crippen LogP contribution in [0.3, 0.4) is 0 Å². The molecule has 0 aliphatic heterocycles. The number of rotatable bonds is 4. The fraction of sp³-hybridized carbons (Fsp3) is 1.00. The number of hydrogen-bond acceptors (Lipinski definition) is 2. The van der Waals surface area contributed by atoms with Crippen molar-refractivity contribution in [1.29, 1.82) is 0 Å². The summed E-state index contributed by atoms with van der Waals surface area (Å²) in [4.78, 5) is 0. The minimum Gasteiger partial charge on any atom is -0.392 e. The highest BCUT2D eigenvalue weighted by atomic mass is 35.5. The average Bonchev–Trinajstić information content (AvgIpc) is 1.87. The van der Waals surface area contributed by atoms with Gasteiger partial charge in [0, 0.05) is 18.2 Å². The Hall–Kier alpha value is 0.500. The molecule has 9 heavy (non-hydrogen) atoms. The Kier molecular flexibility index (Phi) is 5.59. The number of halogens is 2. The zero-order valence-electron chi connectivity index (χ0n) is 4.93. The normalized spacial score (nSPS) is 17.3. The molecule has 0 radical (unpaired) electrons. The lowest BCUT2D eigenvalue weighted by Gasteiger charge is -2.09. The quantitative estimate of drug-likeness (QED) is 0.610. The van der Waals surface area contributed by atoms with Crippen LogP contribution in [0.5, 0.6) is 0 Å². The molecule has 0 aromatic rings. The predicted octanol–water partition coefficient (Wildman–Crippen LogP) is 0.576. The van der Waals surface area contributed by atoms with Crippen molar-refractivity contribution in [2.75, 3.05) is 11.8 Å². The van der Waals surface area contributed by atoms with Gasteiger partial charge < -0.3 is 10.2 Å². The summed E-state index contributed by atoms with van der Waals surface area (Å²) in [6.07, 6.45) is -1.02. The third-order valence-corrected chi connectivity index (χ3v) is 1.61. The van der Waals surface area contributed by atoms with E-state index in [0.717, 1.165) is 0 Å². The van der Waals surface area contributed by atoms with Crippen LogP contribution in [0.15, 0.2) is 0 Å². The van der Waals surface area contributed by atoms with Gasteiger partial charge in [0.25, 0.3) is 0 Å². The van der Waals surface area contributed by atoms with Gasteiger partial charge in [0.2, 0.25) is 0 Å². The molecule has 2 atom stereocenters. The molecule has 0 bridgehead atoms. The smallest absolute Gasteiger partial charge is 0.0700 e. The van der Waals surface area contributed by atoms with Gasteiger partial charge in [-0.2, -0.15) is 0 Å². The van der Waals surface area contributed by atoms with Crippen molar-refractivity contribution in [2.45, 2.75) is 18.6 Å². The molecule has 0 saturated heterocycles. The van der Waals surface area contributed by atoms with Crippen molar-refractivity contribution in [1.82, 2.24) is 0 Å². The predicted molar refractivity (Wildman–Crippen MR) is 38.1 cm³/mol. The van der Waals surface area contributed by atoms with Gasteiger partial charge in [0.05, 0.1) is 12.2 Å². The number of aliphatic hydroxyl groups is 2. The molecule has 0 heterocycles. The zero-order chi connectivity index (χ0) is 7.28. The van der Waals surface area contributed by atoms with E-state index < -0.39 is 12.2 Å². The minimum absolute atomic E-state index is 0.147. The standard InChI is InChI=1S/C5H10Cl2O2/c6-2-4(8)1-5(9)3-7/h4-5,8-9H,1-3H2/t4-,5-/m1/s1. The zero-order valence-corrected chi connectivity index (χ0v) is 6.44. The Bertz CT molecular complexity index is 62.0. The Morgan fingerprint density at radius 2 is 1.33 bits per heavy atom. The van der Waals surface area contributed by atoms with Gasteiger partial charge in [-0.3, -0.25) is 0 Å². The summed E-state index contributed by atoms with van der Waals surface area (Å²) in [5, 5.41) is 17.6. The van der Waals surface area contributed by atoms with E-state index >= 15 is 0 Å². The Labute approximate surface area is 64.4 Å². The summed E-state index contributed by atoms with van der Waals surface area (Å²) >= 11 is 10.5. The van der Waals surface area contributed by atoms with Crippen LogP contribution in [0, 0.1) is 0 Å². The lowest BCUT2D eigenvalue weighted by Crippen LogP contribution is -2.19. The maximum absolute atomic E-state index is 8.81. The third-order valence-electron chi connectivity index (χ3n) is 0.900. The number of aliphatic hydroxyl groups excluding tert-OH is 2. The van der Waals surface area contributed by atoms with Crippen LogP contribution in [0.2, 0.25) is 0 Å². The van der Waals surface area contributed by atoms with Gasteiger partial charge >= 0.3 is 0 Å². The molecule has 0 aromatic carbocycles. The summed E-state index contributed by atoms with van der Waals surface area (Å²) in [5.74, 6) is 0.294. The van der Waals surface area contributed by atoms with Crippen molar-refractivity contribution in [3.63, 3.8) is 0 Å². The fourth-order valence-electron chi connectivity index (χ4n) is 0.440. The van der Waals surface area contributed by atoms with Gasteiger partial charge in [0.15, 0.2) is 0 Å². The van der Waals surface area contributed by atoms with E-state index in [1.54, 1.807) is 0 Å². The van der Waals surface area contributed by atoms with Crippen molar-refractivity contribution in [2.24, 2.45) is 0 Å². The molecule has 2 nitrogen and oxygen atoms in total. The fourth-order valence-corrected chi connectivity index (χ4v) is 0.692. The monoisotopic (exact) mass is 172 g/mol. The summed E-state index contributed by atoms with van der Waals surface area (Å²) in [6, 6.07) is 0. The SMILES string of the molecule is O[C@@H](CCl)C[C@@H](O)CCl. The van der Waals surface area contributed by atoms with Crippen LogP contribution >= 0.6 is 23.2 Å². The number of alkyl halides is 2. The molecule has 0 aromatic heterocycles. The largest absolute Gasteiger partial charge is 0.392 e. The minimum atomic E-state index is -0.639. The molecule has 4 heteroatoms. The van der Waals surface area contributed by atoms with E-state index in [2.05, 4.69) is 0 Å². The van der Waals surface area contributed by atoms with Gasteiger partial charge in [-0.1, -0.05) is 0 Å². The van der Waals surface area contributed by atoms with E-state index in [1.807, 2.05) is 0 Å². The van der Waals surface area contributed by atoms with E-state index in [1.165, 1.54) is 0 Å². The molecule has 0 rings (SSSR count). The highest BCUT2D eigenvalue weighted by Crippen LogP contribution is 2.01. The molecule has 56 valence electrons. The number of hydrogen-bond donors (Lipinski definition) is 2. The second-order valence-corrected chi connectivity index (χ2v) is 2.47. The summed E-state index contributed by atoms with van der Waals surface area (Å²) < 4.78 is 0. The molecular formula is C5H10Cl2O2. The van der Waals surface area contributed by atoms with Gasteiger partial charge in [-0.05, 0) is 0 Å². The van der Waals surface area contributed by atoms with Crippen LogP contribution in [0.25, 0.3) is 0 Å². The Morgan fingerprint density at radius 3 is 1.56 bits per heavy atom. The summed E-state index contributed by atoms with van der Waals surface area (Å²) in [5.41, 5.74) is 0. The Balaban J connectivity index is 3.22. The molecule has 2 N–H and O–H groups in total. The summed E-state index contributed by atoms with van der Waals surface area (Å²) in [6.45, 7) is 0. The van der Waals surface area contributed by atoms with Crippen LogP contribution < -0.4 is 0 Å². The second-order valence-electron chi connectivity index (χ2n) is 1.85. The Morgan fingerprint density at radius 1 is 1.00 bits per heavy atom. The molecule has 0 unspecified atom stereocenters. The second kappa shape index (κ2) is 5.30. The molecule has 0 aliphatic rings. The topological polar surface area (TPSA) is 40.5 Å². The maximum atomic E-state index is 8.81. The first-order valence-electron chi connectivity index (χ1n) is 2.68. The van der Waals surface area contributed by atoms with E-state index in [9.17, 15) is 0 Å². The third kappa shape index (κ3) is 4.97. The van der Waals surface area contributed by atoms with Gasteiger partial charge in [0.1, 0.15) is 0 Å². The lowest BCUT2D eigenvalue weighted by atomic mass is 10.2. The molecular weight excluding hydrogens is 163 g/mol.